The maximum Gasteiger partial charge on any atom is 0.325 e. The standard InChI is InChI=1S/C7H11N3OS/c1-8-6-9-4-2-3-5-10(9)7(11)12-6/h2-5H2,1H3. The molecule has 0 aromatic carbocycles. The fourth-order valence-electron chi connectivity index (χ4n) is 1.50. The highest BCUT2D eigenvalue weighted by atomic mass is 32.1. The van der Waals surface area contributed by atoms with Crippen LogP contribution in [0.4, 0.5) is 0 Å². The molecule has 0 unspecified atom stereocenters. The van der Waals surface area contributed by atoms with Crippen LogP contribution in [0.1, 0.15) is 12.8 Å². The van der Waals surface area contributed by atoms with Crippen molar-refractivity contribution in [2.24, 2.45) is 4.99 Å². The molecule has 1 aliphatic rings. The smallest absolute Gasteiger partial charge is 0.261 e. The minimum absolute atomic E-state index is 0.121. The lowest BCUT2D eigenvalue weighted by atomic mass is 10.3. The summed E-state index contributed by atoms with van der Waals surface area (Å²) in [4.78, 5) is 16.4. The summed E-state index contributed by atoms with van der Waals surface area (Å²) in [6.45, 7) is 1.79. The Morgan fingerprint density at radius 1 is 1.33 bits per heavy atom. The second-order valence-corrected chi connectivity index (χ2v) is 3.75. The predicted octanol–water partition coefficient (Wildman–Crippen LogP) is 0.0356. The second-order valence-electron chi connectivity index (χ2n) is 2.83. The van der Waals surface area contributed by atoms with Crippen molar-refractivity contribution in [2.75, 3.05) is 7.05 Å². The van der Waals surface area contributed by atoms with Crippen molar-refractivity contribution in [1.29, 1.82) is 0 Å². The Kier molecular flexibility index (Phi) is 1.88. The van der Waals surface area contributed by atoms with Crippen LogP contribution in [0.25, 0.3) is 0 Å². The highest BCUT2D eigenvalue weighted by Crippen LogP contribution is 2.02. The van der Waals surface area contributed by atoms with Crippen molar-refractivity contribution >= 4 is 11.3 Å². The van der Waals surface area contributed by atoms with Gasteiger partial charge in [-0.2, -0.15) is 0 Å². The Labute approximate surface area is 73.8 Å². The van der Waals surface area contributed by atoms with Gasteiger partial charge < -0.3 is 0 Å². The number of aromatic nitrogens is 2. The summed E-state index contributed by atoms with van der Waals surface area (Å²) in [6, 6.07) is 0. The van der Waals surface area contributed by atoms with E-state index < -0.39 is 0 Å². The van der Waals surface area contributed by atoms with Gasteiger partial charge in [0, 0.05) is 20.1 Å². The molecule has 0 saturated carbocycles. The van der Waals surface area contributed by atoms with E-state index in [4.69, 9.17) is 0 Å². The van der Waals surface area contributed by atoms with Gasteiger partial charge in [0.1, 0.15) is 0 Å². The molecule has 12 heavy (non-hydrogen) atoms. The normalized spacial score (nSPS) is 17.9. The second kappa shape index (κ2) is 2.90. The van der Waals surface area contributed by atoms with Gasteiger partial charge in [0.2, 0.25) is 4.80 Å². The maximum atomic E-state index is 11.3. The van der Waals surface area contributed by atoms with Crippen molar-refractivity contribution in [3.8, 4) is 0 Å². The van der Waals surface area contributed by atoms with Gasteiger partial charge in [-0.25, -0.2) is 4.68 Å². The van der Waals surface area contributed by atoms with E-state index in [0.717, 1.165) is 30.7 Å². The number of fused-ring (bicyclic) bond motifs is 1. The number of rotatable bonds is 0. The summed E-state index contributed by atoms with van der Waals surface area (Å²) in [5.41, 5.74) is 0. The molecule has 0 atom stereocenters. The molecular weight excluding hydrogens is 174 g/mol. The van der Waals surface area contributed by atoms with Gasteiger partial charge in [-0.3, -0.25) is 14.5 Å². The summed E-state index contributed by atoms with van der Waals surface area (Å²) >= 11 is 1.23. The molecule has 0 fully saturated rings. The van der Waals surface area contributed by atoms with Crippen LogP contribution in [0.5, 0.6) is 0 Å². The van der Waals surface area contributed by atoms with Gasteiger partial charge in [-0.1, -0.05) is 0 Å². The minimum Gasteiger partial charge on any atom is -0.261 e. The molecule has 1 aromatic rings. The van der Waals surface area contributed by atoms with Gasteiger partial charge >= 0.3 is 4.87 Å². The molecule has 0 bridgehead atoms. The summed E-state index contributed by atoms with van der Waals surface area (Å²) in [5, 5.41) is 0. The summed E-state index contributed by atoms with van der Waals surface area (Å²) in [7, 11) is 1.73. The molecule has 0 N–H and O–H groups in total. The fraction of sp³-hybridized carbons (Fsp3) is 0.714. The maximum absolute atomic E-state index is 11.3. The molecule has 0 aliphatic carbocycles. The van der Waals surface area contributed by atoms with Gasteiger partial charge in [-0.15, -0.1) is 0 Å². The quantitative estimate of drug-likeness (QED) is 0.562. The lowest BCUT2D eigenvalue weighted by Crippen LogP contribution is -2.31. The van der Waals surface area contributed by atoms with E-state index in [-0.39, 0.29) is 4.87 Å². The van der Waals surface area contributed by atoms with Crippen molar-refractivity contribution in [1.82, 2.24) is 9.36 Å². The molecule has 5 heteroatoms. The average Bonchev–Trinajstić information content (AvgIpc) is 2.44. The minimum atomic E-state index is 0.121. The molecule has 66 valence electrons. The Bertz CT molecular complexity index is 398. The van der Waals surface area contributed by atoms with E-state index in [1.165, 1.54) is 11.3 Å². The first kappa shape index (κ1) is 7.79. The van der Waals surface area contributed by atoms with Crippen molar-refractivity contribution in [3.63, 3.8) is 0 Å². The van der Waals surface area contributed by atoms with Crippen LogP contribution >= 0.6 is 11.3 Å². The fourth-order valence-corrected chi connectivity index (χ4v) is 2.34. The SMILES string of the molecule is CN=c1sc(=O)n2n1CCCC2. The third-order valence-corrected chi connectivity index (χ3v) is 3.04. The summed E-state index contributed by atoms with van der Waals surface area (Å²) < 4.78 is 3.77. The Morgan fingerprint density at radius 2 is 2.00 bits per heavy atom. The summed E-state index contributed by atoms with van der Waals surface area (Å²) in [6.07, 6.45) is 2.27. The first-order valence-electron chi connectivity index (χ1n) is 4.06. The van der Waals surface area contributed by atoms with Crippen LogP contribution < -0.4 is 9.67 Å². The molecule has 0 amide bonds. The highest BCUT2D eigenvalue weighted by molar-refractivity contribution is 7.06. The van der Waals surface area contributed by atoms with Gasteiger partial charge in [0.15, 0.2) is 0 Å². The first-order valence-corrected chi connectivity index (χ1v) is 4.88. The zero-order valence-electron chi connectivity index (χ0n) is 6.99. The Balaban J connectivity index is 2.70. The lowest BCUT2D eigenvalue weighted by molar-refractivity contribution is 0.345. The van der Waals surface area contributed by atoms with Crippen LogP contribution in [0, 0.1) is 0 Å². The van der Waals surface area contributed by atoms with E-state index in [9.17, 15) is 4.79 Å². The third-order valence-electron chi connectivity index (χ3n) is 2.08. The molecule has 0 spiro atoms. The van der Waals surface area contributed by atoms with Gasteiger partial charge in [-0.05, 0) is 24.2 Å². The van der Waals surface area contributed by atoms with Crippen LogP contribution in [-0.4, -0.2) is 16.4 Å². The number of hydrogen-bond acceptors (Lipinski definition) is 3. The molecule has 0 saturated heterocycles. The van der Waals surface area contributed by atoms with E-state index in [1.54, 1.807) is 11.7 Å². The largest absolute Gasteiger partial charge is 0.325 e. The molecule has 4 nitrogen and oxygen atoms in total. The summed E-state index contributed by atoms with van der Waals surface area (Å²) in [5.74, 6) is 0. The van der Waals surface area contributed by atoms with Crippen LogP contribution in [0.15, 0.2) is 9.79 Å². The van der Waals surface area contributed by atoms with Crippen molar-refractivity contribution < 1.29 is 0 Å². The number of nitrogens with zero attached hydrogens (tertiary/aromatic N) is 3. The molecule has 0 radical (unpaired) electrons. The van der Waals surface area contributed by atoms with Crippen molar-refractivity contribution in [2.45, 2.75) is 25.9 Å². The topological polar surface area (TPSA) is 39.3 Å². The Morgan fingerprint density at radius 3 is 2.67 bits per heavy atom. The van der Waals surface area contributed by atoms with E-state index >= 15 is 0 Å². The Hall–Kier alpha value is -0.840. The predicted molar refractivity (Wildman–Crippen MR) is 47.3 cm³/mol. The van der Waals surface area contributed by atoms with E-state index in [2.05, 4.69) is 4.99 Å². The molecular formula is C7H11N3OS. The zero-order chi connectivity index (χ0) is 8.55. The first-order chi connectivity index (χ1) is 5.83. The molecule has 1 aromatic heterocycles. The lowest BCUT2D eigenvalue weighted by Gasteiger charge is -2.15. The molecule has 2 heterocycles. The van der Waals surface area contributed by atoms with Crippen LogP contribution in [0.2, 0.25) is 0 Å². The number of hydrogen-bond donors (Lipinski definition) is 0. The van der Waals surface area contributed by atoms with E-state index in [1.807, 2.05) is 4.68 Å². The van der Waals surface area contributed by atoms with Crippen LogP contribution in [-0.2, 0) is 13.1 Å². The molecule has 1 aliphatic heterocycles. The third kappa shape index (κ3) is 1.04. The van der Waals surface area contributed by atoms with Crippen LogP contribution in [0.3, 0.4) is 0 Å². The van der Waals surface area contributed by atoms with Gasteiger partial charge in [0.05, 0.1) is 0 Å². The average molecular weight is 185 g/mol. The monoisotopic (exact) mass is 185 g/mol. The molecule has 2 rings (SSSR count). The van der Waals surface area contributed by atoms with E-state index in [0.29, 0.717) is 0 Å². The zero-order valence-corrected chi connectivity index (χ0v) is 7.80. The highest BCUT2D eigenvalue weighted by Gasteiger charge is 2.11. The van der Waals surface area contributed by atoms with Gasteiger partial charge in [0.25, 0.3) is 0 Å². The van der Waals surface area contributed by atoms with Crippen molar-refractivity contribution in [3.05, 3.63) is 14.5 Å².